The molecule has 1 rings (SSSR count). The Morgan fingerprint density at radius 1 is 0.783 bits per heavy atom. The summed E-state index contributed by atoms with van der Waals surface area (Å²) in [6, 6.07) is 8.60. The van der Waals surface area contributed by atoms with Crippen molar-refractivity contribution >= 4 is 12.4 Å². The van der Waals surface area contributed by atoms with Crippen LogP contribution in [0.2, 0.25) is 0 Å². The zero-order valence-corrected chi connectivity index (χ0v) is 15.6. The van der Waals surface area contributed by atoms with E-state index in [2.05, 4.69) is 31.2 Å². The summed E-state index contributed by atoms with van der Waals surface area (Å²) in [5.74, 6) is 1.00. The van der Waals surface area contributed by atoms with Crippen LogP contribution in [0.1, 0.15) is 76.7 Å². The van der Waals surface area contributed by atoms with Gasteiger partial charge in [0.2, 0.25) is 0 Å². The zero-order chi connectivity index (χ0) is 15.9. The molecule has 0 aliphatic heterocycles. The fourth-order valence-corrected chi connectivity index (χ4v) is 2.62. The Morgan fingerprint density at radius 3 is 2.09 bits per heavy atom. The SMILES string of the molecule is CCCCCCCOc1ccc(CCCCCCCO)cc1.Cl. The van der Waals surface area contributed by atoms with Crippen molar-refractivity contribution < 1.29 is 9.84 Å². The van der Waals surface area contributed by atoms with Crippen molar-refractivity contribution in [2.45, 2.75) is 77.6 Å². The lowest BCUT2D eigenvalue weighted by Crippen LogP contribution is -1.97. The summed E-state index contributed by atoms with van der Waals surface area (Å²) in [5, 5.41) is 8.73. The van der Waals surface area contributed by atoms with Gasteiger partial charge in [0.15, 0.2) is 0 Å². The highest BCUT2D eigenvalue weighted by molar-refractivity contribution is 5.85. The molecule has 2 nitrogen and oxygen atoms in total. The van der Waals surface area contributed by atoms with Gasteiger partial charge in [0, 0.05) is 6.61 Å². The lowest BCUT2D eigenvalue weighted by Gasteiger charge is -2.07. The zero-order valence-electron chi connectivity index (χ0n) is 14.8. The second-order valence-electron chi connectivity index (χ2n) is 6.15. The Bertz CT molecular complexity index is 316. The van der Waals surface area contributed by atoms with Crippen molar-refractivity contribution in [3.63, 3.8) is 0 Å². The van der Waals surface area contributed by atoms with Gasteiger partial charge < -0.3 is 9.84 Å². The maximum absolute atomic E-state index is 8.73. The number of halogens is 1. The largest absolute Gasteiger partial charge is 0.494 e. The van der Waals surface area contributed by atoms with E-state index in [0.29, 0.717) is 6.61 Å². The van der Waals surface area contributed by atoms with E-state index in [1.807, 2.05) is 0 Å². The van der Waals surface area contributed by atoms with Gasteiger partial charge in [0.05, 0.1) is 6.61 Å². The lowest BCUT2D eigenvalue weighted by atomic mass is 10.1. The molecule has 0 bridgehead atoms. The van der Waals surface area contributed by atoms with E-state index in [1.54, 1.807) is 0 Å². The average molecular weight is 343 g/mol. The van der Waals surface area contributed by atoms with Crippen LogP contribution < -0.4 is 4.74 Å². The number of aliphatic hydroxyl groups excluding tert-OH is 1. The summed E-state index contributed by atoms with van der Waals surface area (Å²) in [6.07, 6.45) is 13.4. The number of aliphatic hydroxyl groups is 1. The summed E-state index contributed by atoms with van der Waals surface area (Å²) in [6.45, 7) is 3.42. The van der Waals surface area contributed by atoms with E-state index < -0.39 is 0 Å². The van der Waals surface area contributed by atoms with Crippen LogP contribution >= 0.6 is 12.4 Å². The van der Waals surface area contributed by atoms with E-state index in [-0.39, 0.29) is 12.4 Å². The summed E-state index contributed by atoms with van der Waals surface area (Å²) in [5.41, 5.74) is 1.40. The van der Waals surface area contributed by atoms with Crippen LogP contribution in [0.25, 0.3) is 0 Å². The number of rotatable bonds is 14. The molecule has 0 fully saturated rings. The fourth-order valence-electron chi connectivity index (χ4n) is 2.62. The number of hydrogen-bond donors (Lipinski definition) is 1. The first-order chi connectivity index (χ1) is 10.9. The minimum absolute atomic E-state index is 0. The molecule has 0 amide bonds. The maximum atomic E-state index is 8.73. The highest BCUT2D eigenvalue weighted by Gasteiger charge is 1.97. The van der Waals surface area contributed by atoms with Gasteiger partial charge in [-0.3, -0.25) is 0 Å². The molecule has 0 aromatic heterocycles. The van der Waals surface area contributed by atoms with Crippen LogP contribution in [-0.2, 0) is 6.42 Å². The molecule has 0 atom stereocenters. The fraction of sp³-hybridized carbons (Fsp3) is 0.700. The molecule has 0 saturated heterocycles. The lowest BCUT2D eigenvalue weighted by molar-refractivity contribution is 0.282. The summed E-state index contributed by atoms with van der Waals surface area (Å²) >= 11 is 0. The van der Waals surface area contributed by atoms with E-state index >= 15 is 0 Å². The minimum Gasteiger partial charge on any atom is -0.494 e. The highest BCUT2D eigenvalue weighted by atomic mass is 35.5. The van der Waals surface area contributed by atoms with Crippen LogP contribution in [0, 0.1) is 0 Å². The molecule has 0 saturated carbocycles. The average Bonchev–Trinajstić information content (AvgIpc) is 2.55. The number of aryl methyl sites for hydroxylation is 1. The second-order valence-corrected chi connectivity index (χ2v) is 6.15. The normalized spacial score (nSPS) is 10.3. The van der Waals surface area contributed by atoms with Gasteiger partial charge in [-0.2, -0.15) is 0 Å². The van der Waals surface area contributed by atoms with Crippen molar-refractivity contribution in [3.05, 3.63) is 29.8 Å². The molecular weight excluding hydrogens is 308 g/mol. The Hall–Kier alpha value is -0.730. The van der Waals surface area contributed by atoms with Crippen molar-refractivity contribution in [2.75, 3.05) is 13.2 Å². The standard InChI is InChI=1S/C20H34O2.ClH/c1-2-3-4-8-11-18-22-20-15-13-19(14-16-20)12-9-6-5-7-10-17-21;/h13-16,21H,2-12,17-18H2,1H3;1H. The van der Waals surface area contributed by atoms with Crippen molar-refractivity contribution in [2.24, 2.45) is 0 Å². The van der Waals surface area contributed by atoms with Crippen LogP contribution in [0.4, 0.5) is 0 Å². The molecule has 0 spiro atoms. The van der Waals surface area contributed by atoms with Gasteiger partial charge in [-0.05, 0) is 43.4 Å². The Balaban J connectivity index is 0.00000484. The summed E-state index contributed by atoms with van der Waals surface area (Å²) in [4.78, 5) is 0. The third-order valence-corrected chi connectivity index (χ3v) is 4.06. The predicted octanol–water partition coefficient (Wildman–Crippen LogP) is 5.94. The van der Waals surface area contributed by atoms with Crippen molar-refractivity contribution in [1.82, 2.24) is 0 Å². The molecule has 3 heteroatoms. The van der Waals surface area contributed by atoms with Gasteiger partial charge in [-0.25, -0.2) is 0 Å². The molecule has 1 aromatic carbocycles. The first-order valence-corrected chi connectivity index (χ1v) is 9.19. The predicted molar refractivity (Wildman–Crippen MR) is 102 cm³/mol. The highest BCUT2D eigenvalue weighted by Crippen LogP contribution is 2.15. The van der Waals surface area contributed by atoms with Crippen molar-refractivity contribution in [1.29, 1.82) is 0 Å². The quantitative estimate of drug-likeness (QED) is 0.424. The maximum Gasteiger partial charge on any atom is 0.119 e. The van der Waals surface area contributed by atoms with Gasteiger partial charge in [-0.1, -0.05) is 64.0 Å². The molecule has 0 heterocycles. The monoisotopic (exact) mass is 342 g/mol. The molecule has 23 heavy (non-hydrogen) atoms. The van der Waals surface area contributed by atoms with Crippen molar-refractivity contribution in [3.8, 4) is 5.75 Å². The van der Waals surface area contributed by atoms with E-state index in [1.165, 1.54) is 50.5 Å². The minimum atomic E-state index is 0. The third-order valence-electron chi connectivity index (χ3n) is 4.06. The summed E-state index contributed by atoms with van der Waals surface area (Å²) < 4.78 is 5.79. The van der Waals surface area contributed by atoms with E-state index in [4.69, 9.17) is 9.84 Å². The van der Waals surface area contributed by atoms with E-state index in [0.717, 1.165) is 38.0 Å². The molecule has 0 radical (unpaired) electrons. The third kappa shape index (κ3) is 12.4. The Kier molecular flexibility index (Phi) is 15.6. The van der Waals surface area contributed by atoms with Gasteiger partial charge in [0.1, 0.15) is 5.75 Å². The number of hydrogen-bond acceptors (Lipinski definition) is 2. The number of benzene rings is 1. The molecule has 134 valence electrons. The van der Waals surface area contributed by atoms with Crippen LogP contribution in [0.3, 0.4) is 0 Å². The summed E-state index contributed by atoms with van der Waals surface area (Å²) in [7, 11) is 0. The molecular formula is C20H35ClO2. The molecule has 0 unspecified atom stereocenters. The molecule has 1 aromatic rings. The first-order valence-electron chi connectivity index (χ1n) is 9.19. The molecule has 0 aliphatic rings. The molecule has 0 aliphatic carbocycles. The topological polar surface area (TPSA) is 29.5 Å². The van der Waals surface area contributed by atoms with E-state index in [9.17, 15) is 0 Å². The van der Waals surface area contributed by atoms with Crippen LogP contribution in [0.5, 0.6) is 5.75 Å². The smallest absolute Gasteiger partial charge is 0.119 e. The van der Waals surface area contributed by atoms with Crippen LogP contribution in [0.15, 0.2) is 24.3 Å². The molecule has 1 N–H and O–H groups in total. The second kappa shape index (κ2) is 16.1. The van der Waals surface area contributed by atoms with Gasteiger partial charge in [-0.15, -0.1) is 12.4 Å². The van der Waals surface area contributed by atoms with Gasteiger partial charge >= 0.3 is 0 Å². The van der Waals surface area contributed by atoms with Gasteiger partial charge in [0.25, 0.3) is 0 Å². The first kappa shape index (κ1) is 22.3. The van der Waals surface area contributed by atoms with Crippen LogP contribution in [-0.4, -0.2) is 18.3 Å². The Labute approximate surface area is 149 Å². The number of unbranched alkanes of at least 4 members (excludes halogenated alkanes) is 8. The Morgan fingerprint density at radius 2 is 1.39 bits per heavy atom. The number of ether oxygens (including phenoxy) is 1.